The van der Waals surface area contributed by atoms with Crippen molar-refractivity contribution in [2.45, 2.75) is 0 Å². The summed E-state index contributed by atoms with van der Waals surface area (Å²) < 4.78 is 10.4. The van der Waals surface area contributed by atoms with Gasteiger partial charge in [-0.3, -0.25) is 9.00 Å². The molecule has 0 aromatic carbocycles. The molecule has 0 aliphatic heterocycles. The van der Waals surface area contributed by atoms with E-state index in [4.69, 9.17) is 11.6 Å². The van der Waals surface area contributed by atoms with Crippen molar-refractivity contribution in [3.63, 3.8) is 0 Å². The Bertz CT molecular complexity index is 140. The second-order valence-corrected chi connectivity index (χ2v) is 3.58. The van der Waals surface area contributed by atoms with Gasteiger partial charge < -0.3 is 5.32 Å². The van der Waals surface area contributed by atoms with Crippen LogP contribution in [0.15, 0.2) is 0 Å². The Morgan fingerprint density at radius 1 is 1.70 bits per heavy atom. The summed E-state index contributed by atoms with van der Waals surface area (Å²) in [6, 6.07) is 0. The lowest BCUT2D eigenvalue weighted by molar-refractivity contribution is -0.118. The van der Waals surface area contributed by atoms with Gasteiger partial charge in [0.1, 0.15) is 5.88 Å². The van der Waals surface area contributed by atoms with Crippen LogP contribution in [0, 0.1) is 0 Å². The largest absolute Gasteiger partial charge is 0.354 e. The molecular formula is C5H10ClNO2S. The average Bonchev–Trinajstić information content (AvgIpc) is 1.87. The summed E-state index contributed by atoms with van der Waals surface area (Å²) in [5.41, 5.74) is 0. The van der Waals surface area contributed by atoms with Crippen LogP contribution >= 0.6 is 11.6 Å². The van der Waals surface area contributed by atoms with Gasteiger partial charge >= 0.3 is 0 Å². The molecule has 1 unspecified atom stereocenters. The van der Waals surface area contributed by atoms with Crippen molar-refractivity contribution in [2.75, 3.05) is 24.4 Å². The van der Waals surface area contributed by atoms with Gasteiger partial charge in [-0.25, -0.2) is 0 Å². The van der Waals surface area contributed by atoms with Gasteiger partial charge in [-0.2, -0.15) is 0 Å². The first-order valence-corrected chi connectivity index (χ1v) is 5.05. The molecule has 0 saturated heterocycles. The molecular weight excluding hydrogens is 174 g/mol. The third-order valence-electron chi connectivity index (χ3n) is 0.833. The van der Waals surface area contributed by atoms with Crippen molar-refractivity contribution >= 4 is 28.3 Å². The number of nitrogens with one attached hydrogen (secondary N) is 1. The summed E-state index contributed by atoms with van der Waals surface area (Å²) in [6.45, 7) is 0.439. The fourth-order valence-corrected chi connectivity index (χ4v) is 0.865. The lowest BCUT2D eigenvalue weighted by Gasteiger charge is -1.98. The van der Waals surface area contributed by atoms with E-state index in [-0.39, 0.29) is 11.8 Å². The Morgan fingerprint density at radius 2 is 2.30 bits per heavy atom. The molecule has 0 aliphatic rings. The molecule has 0 spiro atoms. The fourth-order valence-electron chi connectivity index (χ4n) is 0.381. The Balaban J connectivity index is 3.20. The summed E-state index contributed by atoms with van der Waals surface area (Å²) in [5.74, 6) is 0.242. The molecule has 0 aromatic heterocycles. The Hall–Kier alpha value is -0.0900. The molecule has 3 nitrogen and oxygen atoms in total. The molecule has 10 heavy (non-hydrogen) atoms. The van der Waals surface area contributed by atoms with Gasteiger partial charge in [-0.15, -0.1) is 11.6 Å². The number of amides is 1. The van der Waals surface area contributed by atoms with E-state index in [1.165, 1.54) is 0 Å². The quantitative estimate of drug-likeness (QED) is 0.610. The second kappa shape index (κ2) is 5.68. The van der Waals surface area contributed by atoms with Crippen molar-refractivity contribution in [2.24, 2.45) is 0 Å². The van der Waals surface area contributed by atoms with E-state index in [9.17, 15) is 9.00 Å². The van der Waals surface area contributed by atoms with Crippen LogP contribution in [0.2, 0.25) is 0 Å². The zero-order valence-electron chi connectivity index (χ0n) is 5.72. The summed E-state index contributed by atoms with van der Waals surface area (Å²) in [4.78, 5) is 10.5. The standard InChI is InChI=1S/C5H10ClNO2S/c1-10(9)3-2-7-5(8)4-6/h2-4H2,1H3,(H,7,8). The molecule has 0 heterocycles. The zero-order valence-corrected chi connectivity index (χ0v) is 7.30. The SMILES string of the molecule is CS(=O)CCNC(=O)CCl. The molecule has 0 fully saturated rings. The van der Waals surface area contributed by atoms with Crippen molar-refractivity contribution in [3.05, 3.63) is 0 Å². The smallest absolute Gasteiger partial charge is 0.234 e. The summed E-state index contributed by atoms with van der Waals surface area (Å²) in [7, 11) is -0.842. The number of carbonyl (C=O) groups is 1. The number of halogens is 1. The molecule has 0 aromatic rings. The second-order valence-electron chi connectivity index (χ2n) is 1.76. The van der Waals surface area contributed by atoms with Gasteiger partial charge in [-0.05, 0) is 0 Å². The van der Waals surface area contributed by atoms with Gasteiger partial charge in [0.2, 0.25) is 5.91 Å². The first-order valence-electron chi connectivity index (χ1n) is 2.79. The minimum atomic E-state index is -0.842. The van der Waals surface area contributed by atoms with Crippen LogP contribution in [0.4, 0.5) is 0 Å². The number of hydrogen-bond acceptors (Lipinski definition) is 2. The van der Waals surface area contributed by atoms with Crippen LogP contribution in [-0.2, 0) is 15.6 Å². The topological polar surface area (TPSA) is 46.2 Å². The van der Waals surface area contributed by atoms with Crippen LogP contribution in [0.1, 0.15) is 0 Å². The monoisotopic (exact) mass is 183 g/mol. The van der Waals surface area contributed by atoms with Crippen molar-refractivity contribution in [1.29, 1.82) is 0 Å². The Morgan fingerprint density at radius 3 is 2.70 bits per heavy atom. The first-order chi connectivity index (χ1) is 4.66. The Kier molecular flexibility index (Phi) is 5.63. The van der Waals surface area contributed by atoms with E-state index in [2.05, 4.69) is 5.32 Å². The predicted molar refractivity (Wildman–Crippen MR) is 42.7 cm³/mol. The van der Waals surface area contributed by atoms with E-state index >= 15 is 0 Å². The van der Waals surface area contributed by atoms with E-state index in [0.29, 0.717) is 12.3 Å². The first kappa shape index (κ1) is 9.91. The molecule has 5 heteroatoms. The number of rotatable bonds is 4. The fraction of sp³-hybridized carbons (Fsp3) is 0.800. The third kappa shape index (κ3) is 6.04. The molecule has 0 aliphatic carbocycles. The highest BCUT2D eigenvalue weighted by Gasteiger charge is 1.96. The van der Waals surface area contributed by atoms with Crippen LogP contribution in [0.5, 0.6) is 0 Å². The van der Waals surface area contributed by atoms with Gasteiger partial charge in [-0.1, -0.05) is 0 Å². The van der Waals surface area contributed by atoms with Crippen LogP contribution < -0.4 is 5.32 Å². The highest BCUT2D eigenvalue weighted by atomic mass is 35.5. The van der Waals surface area contributed by atoms with E-state index in [1.54, 1.807) is 6.26 Å². The number of hydrogen-bond donors (Lipinski definition) is 1. The predicted octanol–water partition coefficient (Wildman–Crippen LogP) is -0.280. The van der Waals surface area contributed by atoms with Gasteiger partial charge in [0, 0.05) is 29.4 Å². The molecule has 60 valence electrons. The lowest BCUT2D eigenvalue weighted by atomic mass is 10.6. The molecule has 0 rings (SSSR count). The average molecular weight is 184 g/mol. The van der Waals surface area contributed by atoms with Crippen LogP contribution in [0.25, 0.3) is 0 Å². The number of carbonyl (C=O) groups excluding carboxylic acids is 1. The molecule has 1 N–H and O–H groups in total. The summed E-state index contributed by atoms with van der Waals surface area (Å²) in [6.07, 6.45) is 1.59. The number of alkyl halides is 1. The van der Waals surface area contributed by atoms with Crippen molar-refractivity contribution in [1.82, 2.24) is 5.32 Å². The molecule has 1 amide bonds. The van der Waals surface area contributed by atoms with Crippen molar-refractivity contribution in [3.8, 4) is 0 Å². The highest BCUT2D eigenvalue weighted by Crippen LogP contribution is 1.75. The van der Waals surface area contributed by atoms with Gasteiger partial charge in [0.05, 0.1) is 0 Å². The van der Waals surface area contributed by atoms with Gasteiger partial charge in [0.25, 0.3) is 0 Å². The lowest BCUT2D eigenvalue weighted by Crippen LogP contribution is -2.28. The van der Waals surface area contributed by atoms with Crippen molar-refractivity contribution < 1.29 is 9.00 Å². The van der Waals surface area contributed by atoms with Crippen LogP contribution in [0.3, 0.4) is 0 Å². The minimum Gasteiger partial charge on any atom is -0.354 e. The van der Waals surface area contributed by atoms with Crippen LogP contribution in [-0.4, -0.2) is 34.5 Å². The molecule has 0 radical (unpaired) electrons. The van der Waals surface area contributed by atoms with Gasteiger partial charge in [0.15, 0.2) is 0 Å². The molecule has 1 atom stereocenters. The maximum absolute atomic E-state index is 10.5. The summed E-state index contributed by atoms with van der Waals surface area (Å²) in [5, 5.41) is 2.50. The highest BCUT2D eigenvalue weighted by molar-refractivity contribution is 7.84. The van der Waals surface area contributed by atoms with E-state index < -0.39 is 10.8 Å². The molecule has 0 bridgehead atoms. The van der Waals surface area contributed by atoms with E-state index in [1.807, 2.05) is 0 Å². The maximum atomic E-state index is 10.5. The zero-order chi connectivity index (χ0) is 7.98. The third-order valence-corrected chi connectivity index (χ3v) is 1.85. The molecule has 0 saturated carbocycles. The van der Waals surface area contributed by atoms with E-state index in [0.717, 1.165) is 0 Å². The minimum absolute atomic E-state index is 0.0314. The Labute approximate surface area is 67.6 Å². The summed E-state index contributed by atoms with van der Waals surface area (Å²) >= 11 is 5.18. The maximum Gasteiger partial charge on any atom is 0.234 e. The normalized spacial score (nSPS) is 12.6.